The molecule has 4 nitrogen and oxygen atoms in total. The van der Waals surface area contributed by atoms with E-state index in [4.69, 9.17) is 0 Å². The molecule has 1 aromatic carbocycles. The van der Waals surface area contributed by atoms with Crippen LogP contribution in [-0.2, 0) is 4.79 Å². The third kappa shape index (κ3) is 4.51. The molecule has 1 aliphatic heterocycles. The molecule has 2 atom stereocenters. The van der Waals surface area contributed by atoms with E-state index < -0.39 is 12.7 Å². The molecule has 0 saturated carbocycles. The van der Waals surface area contributed by atoms with Gasteiger partial charge in [0.1, 0.15) is 5.75 Å². The van der Waals surface area contributed by atoms with E-state index in [1.807, 2.05) is 6.92 Å². The van der Waals surface area contributed by atoms with Gasteiger partial charge in [0.2, 0.25) is 5.91 Å². The summed E-state index contributed by atoms with van der Waals surface area (Å²) in [4.78, 5) is 13.9. The highest BCUT2D eigenvalue weighted by Crippen LogP contribution is 2.27. The van der Waals surface area contributed by atoms with Gasteiger partial charge in [-0.15, -0.1) is 0 Å². The Hall–Kier alpha value is -1.95. The number of hydrogen-bond acceptors (Lipinski definition) is 3. The minimum absolute atomic E-state index is 0.0383. The third-order valence-electron chi connectivity index (χ3n) is 4.10. The second-order valence-electron chi connectivity index (χ2n) is 5.82. The van der Waals surface area contributed by atoms with Crippen LogP contribution in [0.4, 0.5) is 8.78 Å². The van der Waals surface area contributed by atoms with Gasteiger partial charge in [-0.2, -0.15) is 8.78 Å². The van der Waals surface area contributed by atoms with E-state index in [1.54, 1.807) is 30.0 Å². The Balaban J connectivity index is 2.15. The number of halogens is 2. The van der Waals surface area contributed by atoms with Gasteiger partial charge in [0.15, 0.2) is 0 Å². The molecule has 23 heavy (non-hydrogen) atoms. The Morgan fingerprint density at radius 3 is 2.78 bits per heavy atom. The van der Waals surface area contributed by atoms with Crippen molar-refractivity contribution in [2.75, 3.05) is 13.1 Å². The Bertz CT molecular complexity index is 589. The Labute approximate surface area is 134 Å². The SMILES string of the molecule is C/C(=C/C(=O)N1CCC(C)C(O)C1)c1ccccc1OC(F)F. The van der Waals surface area contributed by atoms with Gasteiger partial charge in [0.25, 0.3) is 0 Å². The van der Waals surface area contributed by atoms with Gasteiger partial charge in [-0.25, -0.2) is 0 Å². The number of carbonyl (C=O) groups excluding carboxylic acids is 1. The van der Waals surface area contributed by atoms with Crippen LogP contribution in [0.2, 0.25) is 0 Å². The number of likely N-dealkylation sites (tertiary alicyclic amines) is 1. The maximum absolute atomic E-state index is 12.5. The quantitative estimate of drug-likeness (QED) is 0.866. The normalized spacial score (nSPS) is 22.3. The molecule has 126 valence electrons. The molecule has 0 aliphatic carbocycles. The van der Waals surface area contributed by atoms with Crippen molar-refractivity contribution in [3.8, 4) is 5.75 Å². The summed E-state index contributed by atoms with van der Waals surface area (Å²) < 4.78 is 29.4. The first-order valence-electron chi connectivity index (χ1n) is 7.58. The highest BCUT2D eigenvalue weighted by atomic mass is 19.3. The maximum atomic E-state index is 12.5. The van der Waals surface area contributed by atoms with Gasteiger partial charge in [0.05, 0.1) is 6.10 Å². The molecule has 0 spiro atoms. The van der Waals surface area contributed by atoms with Crippen LogP contribution in [0.1, 0.15) is 25.8 Å². The summed E-state index contributed by atoms with van der Waals surface area (Å²) in [5, 5.41) is 9.87. The van der Waals surface area contributed by atoms with Gasteiger partial charge >= 0.3 is 6.61 Å². The van der Waals surface area contributed by atoms with Crippen molar-refractivity contribution in [2.45, 2.75) is 33.0 Å². The van der Waals surface area contributed by atoms with Crippen LogP contribution in [-0.4, -0.2) is 41.7 Å². The molecular formula is C17H21F2NO3. The number of para-hydroxylation sites is 1. The van der Waals surface area contributed by atoms with E-state index in [9.17, 15) is 18.7 Å². The van der Waals surface area contributed by atoms with Crippen molar-refractivity contribution in [2.24, 2.45) is 5.92 Å². The van der Waals surface area contributed by atoms with Crippen LogP contribution in [0, 0.1) is 5.92 Å². The number of aliphatic hydroxyl groups is 1. The largest absolute Gasteiger partial charge is 0.434 e. The van der Waals surface area contributed by atoms with Crippen LogP contribution in [0.25, 0.3) is 5.57 Å². The fraction of sp³-hybridized carbons (Fsp3) is 0.471. The monoisotopic (exact) mass is 325 g/mol. The summed E-state index contributed by atoms with van der Waals surface area (Å²) in [6, 6.07) is 6.36. The Kier molecular flexibility index (Phi) is 5.71. The summed E-state index contributed by atoms with van der Waals surface area (Å²) in [6.45, 7) is 1.58. The molecule has 1 aliphatic rings. The summed E-state index contributed by atoms with van der Waals surface area (Å²) >= 11 is 0. The van der Waals surface area contributed by atoms with E-state index in [0.29, 0.717) is 24.2 Å². The molecule has 1 fully saturated rings. The average Bonchev–Trinajstić information content (AvgIpc) is 2.49. The summed E-state index contributed by atoms with van der Waals surface area (Å²) in [6.07, 6.45) is 1.61. The predicted octanol–water partition coefficient (Wildman–Crippen LogP) is 2.92. The molecule has 1 N–H and O–H groups in total. The summed E-state index contributed by atoms with van der Waals surface area (Å²) in [5.74, 6) is -0.0269. The first-order chi connectivity index (χ1) is 10.9. The lowest BCUT2D eigenvalue weighted by Gasteiger charge is -2.33. The number of β-amino-alcohol motifs (C(OH)–C–C–N with tert-alkyl or cyclic N) is 1. The van der Waals surface area contributed by atoms with E-state index >= 15 is 0 Å². The minimum atomic E-state index is -2.92. The highest BCUT2D eigenvalue weighted by Gasteiger charge is 2.26. The van der Waals surface area contributed by atoms with Crippen LogP contribution in [0.3, 0.4) is 0 Å². The van der Waals surface area contributed by atoms with Gasteiger partial charge < -0.3 is 14.7 Å². The highest BCUT2D eigenvalue weighted by molar-refractivity contribution is 5.95. The maximum Gasteiger partial charge on any atom is 0.387 e. The van der Waals surface area contributed by atoms with Crippen LogP contribution in [0.15, 0.2) is 30.3 Å². The standard InChI is InChI=1S/C17H21F2NO3/c1-11-7-8-20(10-14(11)21)16(22)9-12(2)13-5-3-4-6-15(13)23-17(18)19/h3-6,9,11,14,17,21H,7-8,10H2,1-2H3/b12-9-. The number of rotatable bonds is 4. The fourth-order valence-electron chi connectivity index (χ4n) is 2.59. The van der Waals surface area contributed by atoms with Gasteiger partial charge in [0, 0.05) is 24.7 Å². The smallest absolute Gasteiger partial charge is 0.387 e. The zero-order chi connectivity index (χ0) is 17.0. The lowest BCUT2D eigenvalue weighted by Crippen LogP contribution is -2.45. The van der Waals surface area contributed by atoms with Crippen molar-refractivity contribution in [1.82, 2.24) is 4.90 Å². The van der Waals surface area contributed by atoms with Crippen molar-refractivity contribution in [1.29, 1.82) is 0 Å². The molecular weight excluding hydrogens is 304 g/mol. The molecule has 1 saturated heterocycles. The zero-order valence-corrected chi connectivity index (χ0v) is 13.2. The van der Waals surface area contributed by atoms with Gasteiger partial charge in [-0.1, -0.05) is 25.1 Å². The number of ether oxygens (including phenoxy) is 1. The minimum Gasteiger partial charge on any atom is -0.434 e. The number of allylic oxidation sites excluding steroid dienone is 1. The summed E-state index contributed by atoms with van der Waals surface area (Å²) in [5.41, 5.74) is 0.992. The molecule has 0 radical (unpaired) electrons. The molecule has 2 unspecified atom stereocenters. The average molecular weight is 325 g/mol. The number of alkyl halides is 2. The van der Waals surface area contributed by atoms with E-state index in [-0.39, 0.29) is 17.6 Å². The number of nitrogens with zero attached hydrogens (tertiary/aromatic N) is 1. The number of aliphatic hydroxyl groups excluding tert-OH is 1. The number of hydrogen-bond donors (Lipinski definition) is 1. The number of piperidine rings is 1. The van der Waals surface area contributed by atoms with E-state index in [0.717, 1.165) is 6.42 Å². The van der Waals surface area contributed by atoms with E-state index in [2.05, 4.69) is 4.74 Å². The molecule has 1 aromatic rings. The molecule has 6 heteroatoms. The summed E-state index contributed by atoms with van der Waals surface area (Å²) in [7, 11) is 0. The number of carbonyl (C=O) groups is 1. The zero-order valence-electron chi connectivity index (χ0n) is 13.2. The van der Waals surface area contributed by atoms with Crippen LogP contribution in [0.5, 0.6) is 5.75 Å². The lowest BCUT2D eigenvalue weighted by atomic mass is 9.96. The third-order valence-corrected chi connectivity index (χ3v) is 4.10. The number of amides is 1. The lowest BCUT2D eigenvalue weighted by molar-refractivity contribution is -0.130. The van der Waals surface area contributed by atoms with Crippen LogP contribution < -0.4 is 4.74 Å². The first-order valence-corrected chi connectivity index (χ1v) is 7.58. The second-order valence-corrected chi connectivity index (χ2v) is 5.82. The van der Waals surface area contributed by atoms with Gasteiger partial charge in [-0.3, -0.25) is 4.79 Å². The van der Waals surface area contributed by atoms with Crippen molar-refractivity contribution in [3.05, 3.63) is 35.9 Å². The number of benzene rings is 1. The second kappa shape index (κ2) is 7.55. The molecule has 2 rings (SSSR count). The molecule has 1 amide bonds. The Morgan fingerprint density at radius 2 is 2.13 bits per heavy atom. The predicted molar refractivity (Wildman–Crippen MR) is 83.1 cm³/mol. The van der Waals surface area contributed by atoms with Gasteiger partial charge in [-0.05, 0) is 30.9 Å². The van der Waals surface area contributed by atoms with Crippen molar-refractivity contribution >= 4 is 11.5 Å². The van der Waals surface area contributed by atoms with Crippen molar-refractivity contribution < 1.29 is 23.4 Å². The van der Waals surface area contributed by atoms with E-state index in [1.165, 1.54) is 12.1 Å². The molecule has 0 aromatic heterocycles. The Morgan fingerprint density at radius 1 is 1.43 bits per heavy atom. The molecule has 1 heterocycles. The first kappa shape index (κ1) is 17.4. The van der Waals surface area contributed by atoms with Crippen LogP contribution >= 0.6 is 0 Å². The molecule has 0 bridgehead atoms. The van der Waals surface area contributed by atoms with Crippen molar-refractivity contribution in [3.63, 3.8) is 0 Å². The fourth-order valence-corrected chi connectivity index (χ4v) is 2.59. The topological polar surface area (TPSA) is 49.8 Å².